The minimum Gasteiger partial charge on any atom is -0.380 e. The Morgan fingerprint density at radius 2 is 2.31 bits per heavy atom. The van der Waals surface area contributed by atoms with Crippen molar-refractivity contribution in [3.63, 3.8) is 0 Å². The SMILES string of the molecule is CCC(CN(C=O)C1=CC=CC=CC1)OC. The Labute approximate surface area is 97.1 Å². The molecule has 1 aliphatic carbocycles. The van der Waals surface area contributed by atoms with E-state index < -0.39 is 0 Å². The summed E-state index contributed by atoms with van der Waals surface area (Å²) >= 11 is 0. The van der Waals surface area contributed by atoms with Crippen LogP contribution in [0.5, 0.6) is 0 Å². The largest absolute Gasteiger partial charge is 0.380 e. The van der Waals surface area contributed by atoms with Gasteiger partial charge in [-0.3, -0.25) is 4.79 Å². The highest BCUT2D eigenvalue weighted by Gasteiger charge is 2.13. The summed E-state index contributed by atoms with van der Waals surface area (Å²) in [6.07, 6.45) is 12.6. The Hall–Kier alpha value is -1.35. The molecular weight excluding hydrogens is 202 g/mol. The lowest BCUT2D eigenvalue weighted by Gasteiger charge is -2.24. The Balaban J connectivity index is 2.66. The van der Waals surface area contributed by atoms with Crippen LogP contribution < -0.4 is 0 Å². The molecule has 0 N–H and O–H groups in total. The predicted octanol–water partition coefficient (Wildman–Crippen LogP) is 2.27. The van der Waals surface area contributed by atoms with E-state index in [4.69, 9.17) is 4.74 Å². The third-order valence-electron chi connectivity index (χ3n) is 2.66. The molecule has 0 aliphatic heterocycles. The van der Waals surface area contributed by atoms with E-state index in [1.165, 1.54) is 0 Å². The van der Waals surface area contributed by atoms with E-state index in [2.05, 4.69) is 6.92 Å². The van der Waals surface area contributed by atoms with Crippen molar-refractivity contribution in [2.75, 3.05) is 13.7 Å². The zero-order valence-electron chi connectivity index (χ0n) is 9.93. The molecule has 1 amide bonds. The summed E-state index contributed by atoms with van der Waals surface area (Å²) in [6, 6.07) is 0. The standard InChI is InChI=1S/C13H19NO2/c1-3-13(16-2)10-14(11-15)12-8-6-4-5-7-9-12/h4-8,11,13H,3,9-10H2,1-2H3. The lowest BCUT2D eigenvalue weighted by atomic mass is 10.2. The van der Waals surface area contributed by atoms with Crippen LogP contribution in [0.4, 0.5) is 0 Å². The molecule has 0 heterocycles. The van der Waals surface area contributed by atoms with E-state index in [0.717, 1.165) is 24.9 Å². The molecule has 0 fully saturated rings. The van der Waals surface area contributed by atoms with Gasteiger partial charge in [0.1, 0.15) is 0 Å². The quantitative estimate of drug-likeness (QED) is 0.644. The predicted molar refractivity (Wildman–Crippen MR) is 64.8 cm³/mol. The first-order chi connectivity index (χ1) is 7.81. The van der Waals surface area contributed by atoms with Gasteiger partial charge in [-0.15, -0.1) is 0 Å². The van der Waals surface area contributed by atoms with Gasteiger partial charge in [0, 0.05) is 19.2 Å². The van der Waals surface area contributed by atoms with Gasteiger partial charge in [0.05, 0.1) is 12.6 Å². The van der Waals surface area contributed by atoms with Crippen molar-refractivity contribution in [2.24, 2.45) is 0 Å². The third-order valence-corrected chi connectivity index (χ3v) is 2.66. The van der Waals surface area contributed by atoms with Crippen molar-refractivity contribution >= 4 is 6.41 Å². The van der Waals surface area contributed by atoms with Gasteiger partial charge < -0.3 is 9.64 Å². The lowest BCUT2D eigenvalue weighted by Crippen LogP contribution is -2.31. The molecule has 16 heavy (non-hydrogen) atoms. The van der Waals surface area contributed by atoms with Crippen molar-refractivity contribution in [2.45, 2.75) is 25.9 Å². The highest BCUT2D eigenvalue weighted by atomic mass is 16.5. The number of allylic oxidation sites excluding steroid dienone is 5. The van der Waals surface area contributed by atoms with E-state index in [0.29, 0.717) is 6.54 Å². The number of hydrogen-bond acceptors (Lipinski definition) is 2. The van der Waals surface area contributed by atoms with E-state index in [9.17, 15) is 4.79 Å². The van der Waals surface area contributed by atoms with Crippen LogP contribution in [0.15, 0.2) is 36.1 Å². The van der Waals surface area contributed by atoms with Crippen LogP contribution in [0, 0.1) is 0 Å². The Bertz CT molecular complexity index is 301. The number of amides is 1. The first-order valence-electron chi connectivity index (χ1n) is 5.59. The number of hydrogen-bond donors (Lipinski definition) is 0. The van der Waals surface area contributed by atoms with Gasteiger partial charge >= 0.3 is 0 Å². The second-order valence-electron chi connectivity index (χ2n) is 3.70. The van der Waals surface area contributed by atoms with Crippen LogP contribution in [0.1, 0.15) is 19.8 Å². The van der Waals surface area contributed by atoms with Gasteiger partial charge in [0.2, 0.25) is 6.41 Å². The van der Waals surface area contributed by atoms with E-state index in [1.54, 1.807) is 12.0 Å². The molecule has 0 radical (unpaired) electrons. The first kappa shape index (κ1) is 12.7. The fourth-order valence-electron chi connectivity index (χ4n) is 1.60. The van der Waals surface area contributed by atoms with Crippen LogP contribution >= 0.6 is 0 Å². The number of carbonyl (C=O) groups excluding carboxylic acids is 1. The summed E-state index contributed by atoms with van der Waals surface area (Å²) < 4.78 is 5.29. The summed E-state index contributed by atoms with van der Waals surface area (Å²) in [5.74, 6) is 0. The number of nitrogens with zero attached hydrogens (tertiary/aromatic N) is 1. The molecule has 1 aliphatic rings. The highest BCUT2D eigenvalue weighted by Crippen LogP contribution is 2.13. The van der Waals surface area contributed by atoms with Crippen LogP contribution in [0.3, 0.4) is 0 Å². The van der Waals surface area contributed by atoms with Gasteiger partial charge in [-0.25, -0.2) is 0 Å². The van der Waals surface area contributed by atoms with Crippen molar-refractivity contribution in [3.05, 3.63) is 36.1 Å². The van der Waals surface area contributed by atoms with Gasteiger partial charge in [-0.2, -0.15) is 0 Å². The monoisotopic (exact) mass is 221 g/mol. The van der Waals surface area contributed by atoms with Crippen molar-refractivity contribution in [1.82, 2.24) is 4.90 Å². The minimum atomic E-state index is 0.0994. The molecule has 0 bridgehead atoms. The summed E-state index contributed by atoms with van der Waals surface area (Å²) in [4.78, 5) is 12.8. The van der Waals surface area contributed by atoms with Crippen LogP contribution in [0.2, 0.25) is 0 Å². The molecule has 0 aromatic heterocycles. The fraction of sp³-hybridized carbons (Fsp3) is 0.462. The van der Waals surface area contributed by atoms with Crippen LogP contribution in [-0.2, 0) is 9.53 Å². The fourth-order valence-corrected chi connectivity index (χ4v) is 1.60. The number of ether oxygens (including phenoxy) is 1. The second kappa shape index (κ2) is 7.01. The van der Waals surface area contributed by atoms with Crippen molar-refractivity contribution < 1.29 is 9.53 Å². The number of carbonyl (C=O) groups is 1. The minimum absolute atomic E-state index is 0.0994. The summed E-state index contributed by atoms with van der Waals surface area (Å²) in [6.45, 7) is 2.67. The molecule has 0 saturated heterocycles. The van der Waals surface area contributed by atoms with Gasteiger partial charge in [-0.1, -0.05) is 31.2 Å². The topological polar surface area (TPSA) is 29.5 Å². The van der Waals surface area contributed by atoms with Gasteiger partial charge in [0.15, 0.2) is 0 Å². The molecule has 3 heteroatoms. The Kier molecular flexibility index (Phi) is 5.57. The zero-order valence-corrected chi connectivity index (χ0v) is 9.93. The molecule has 1 unspecified atom stereocenters. The normalized spacial score (nSPS) is 16.5. The van der Waals surface area contributed by atoms with Crippen molar-refractivity contribution in [3.8, 4) is 0 Å². The average Bonchev–Trinajstić information content (AvgIpc) is 2.60. The Morgan fingerprint density at radius 1 is 1.50 bits per heavy atom. The smallest absolute Gasteiger partial charge is 0.213 e. The highest BCUT2D eigenvalue weighted by molar-refractivity contribution is 5.52. The van der Waals surface area contributed by atoms with Gasteiger partial charge in [-0.05, 0) is 12.5 Å². The summed E-state index contributed by atoms with van der Waals surface area (Å²) in [5.41, 5.74) is 1.01. The average molecular weight is 221 g/mol. The molecular formula is C13H19NO2. The van der Waals surface area contributed by atoms with Crippen LogP contribution in [-0.4, -0.2) is 31.1 Å². The maximum Gasteiger partial charge on any atom is 0.213 e. The third kappa shape index (κ3) is 3.66. The van der Waals surface area contributed by atoms with Crippen molar-refractivity contribution in [1.29, 1.82) is 0 Å². The number of methoxy groups -OCH3 is 1. The molecule has 1 atom stereocenters. The summed E-state index contributed by atoms with van der Waals surface area (Å²) in [7, 11) is 1.68. The van der Waals surface area contributed by atoms with E-state index in [1.807, 2.05) is 30.4 Å². The maximum atomic E-state index is 11.1. The molecule has 0 aromatic carbocycles. The number of rotatable bonds is 6. The summed E-state index contributed by atoms with van der Waals surface area (Å²) in [5, 5.41) is 0. The van der Waals surface area contributed by atoms with E-state index >= 15 is 0 Å². The molecule has 0 saturated carbocycles. The molecule has 0 aromatic rings. The Morgan fingerprint density at radius 3 is 2.94 bits per heavy atom. The molecule has 3 nitrogen and oxygen atoms in total. The first-order valence-corrected chi connectivity index (χ1v) is 5.59. The second-order valence-corrected chi connectivity index (χ2v) is 3.70. The molecule has 0 spiro atoms. The molecule has 88 valence electrons. The maximum absolute atomic E-state index is 11.1. The molecule has 1 rings (SSSR count). The lowest BCUT2D eigenvalue weighted by molar-refractivity contribution is -0.118. The zero-order chi connectivity index (χ0) is 11.8. The van der Waals surface area contributed by atoms with E-state index in [-0.39, 0.29) is 6.10 Å². The van der Waals surface area contributed by atoms with Gasteiger partial charge in [0.25, 0.3) is 0 Å². The van der Waals surface area contributed by atoms with Crippen LogP contribution in [0.25, 0.3) is 0 Å².